The van der Waals surface area contributed by atoms with Crippen LogP contribution in [0.3, 0.4) is 0 Å². The van der Waals surface area contributed by atoms with Gasteiger partial charge in [0.2, 0.25) is 11.9 Å². The van der Waals surface area contributed by atoms with E-state index in [1.165, 1.54) is 0 Å². The van der Waals surface area contributed by atoms with E-state index in [0.717, 1.165) is 6.54 Å². The number of likely N-dealkylation sites (N-methyl/N-ethyl adjacent to an activating group) is 1. The Hall–Kier alpha value is -1.63. The van der Waals surface area contributed by atoms with Crippen molar-refractivity contribution in [1.29, 1.82) is 0 Å². The molecule has 20 heavy (non-hydrogen) atoms. The Morgan fingerprint density at radius 3 is 2.55 bits per heavy atom. The highest BCUT2D eigenvalue weighted by molar-refractivity contribution is 5.37. The Balaban J connectivity index is 2.75. The second-order valence-electron chi connectivity index (χ2n) is 4.55. The number of anilines is 2. The van der Waals surface area contributed by atoms with Gasteiger partial charge in [-0.1, -0.05) is 0 Å². The Morgan fingerprint density at radius 2 is 1.95 bits per heavy atom. The van der Waals surface area contributed by atoms with E-state index >= 15 is 0 Å². The van der Waals surface area contributed by atoms with Gasteiger partial charge in [-0.25, -0.2) is 0 Å². The van der Waals surface area contributed by atoms with E-state index in [9.17, 15) is 0 Å². The van der Waals surface area contributed by atoms with Crippen LogP contribution in [-0.2, 0) is 4.74 Å². The van der Waals surface area contributed by atoms with Gasteiger partial charge < -0.3 is 19.7 Å². The van der Waals surface area contributed by atoms with Crippen LogP contribution in [0.4, 0.5) is 11.9 Å². The maximum atomic E-state index is 5.53. The molecule has 1 N–H and O–H groups in total. The summed E-state index contributed by atoms with van der Waals surface area (Å²) in [6.07, 6.45) is 0.220. The maximum absolute atomic E-state index is 5.53. The number of hydrogen-bond donors (Lipinski definition) is 1. The highest BCUT2D eigenvalue weighted by Crippen LogP contribution is 2.13. The number of ether oxygens (including phenoxy) is 2. The Labute approximate surface area is 120 Å². The summed E-state index contributed by atoms with van der Waals surface area (Å²) in [5.41, 5.74) is 0. The molecule has 0 aliphatic heterocycles. The Morgan fingerprint density at radius 1 is 1.20 bits per heavy atom. The van der Waals surface area contributed by atoms with Crippen LogP contribution in [-0.4, -0.2) is 54.4 Å². The fourth-order valence-electron chi connectivity index (χ4n) is 1.47. The van der Waals surface area contributed by atoms with Crippen molar-refractivity contribution in [3.8, 4) is 6.01 Å². The SMILES string of the molecule is CCNc1nc(OCC)nc(N(C)CCOC(C)C)n1. The maximum Gasteiger partial charge on any atom is 0.323 e. The van der Waals surface area contributed by atoms with Gasteiger partial charge in [0, 0.05) is 20.1 Å². The van der Waals surface area contributed by atoms with Gasteiger partial charge in [0.25, 0.3) is 0 Å². The van der Waals surface area contributed by atoms with Gasteiger partial charge in [0.1, 0.15) is 0 Å². The molecular formula is C13H25N5O2. The van der Waals surface area contributed by atoms with Gasteiger partial charge in [-0.15, -0.1) is 0 Å². The van der Waals surface area contributed by atoms with Gasteiger partial charge in [-0.05, 0) is 27.7 Å². The van der Waals surface area contributed by atoms with Gasteiger partial charge in [0.15, 0.2) is 0 Å². The number of nitrogens with one attached hydrogen (secondary N) is 1. The van der Waals surface area contributed by atoms with Crippen molar-refractivity contribution in [2.75, 3.05) is 43.6 Å². The third kappa shape index (κ3) is 5.56. The van der Waals surface area contributed by atoms with Crippen molar-refractivity contribution in [3.63, 3.8) is 0 Å². The van der Waals surface area contributed by atoms with Crippen molar-refractivity contribution in [3.05, 3.63) is 0 Å². The molecule has 0 unspecified atom stereocenters. The van der Waals surface area contributed by atoms with Crippen LogP contribution in [0.25, 0.3) is 0 Å². The standard InChI is InChI=1S/C13H25N5O2/c1-6-14-11-15-12(17-13(16-11)19-7-2)18(5)8-9-20-10(3)4/h10H,6-9H2,1-5H3,(H,14,15,16,17). The molecule has 7 nitrogen and oxygen atoms in total. The smallest absolute Gasteiger partial charge is 0.323 e. The molecular weight excluding hydrogens is 258 g/mol. The second-order valence-corrected chi connectivity index (χ2v) is 4.55. The van der Waals surface area contributed by atoms with Gasteiger partial charge >= 0.3 is 6.01 Å². The first kappa shape index (κ1) is 16.4. The lowest BCUT2D eigenvalue weighted by Gasteiger charge is -2.19. The van der Waals surface area contributed by atoms with Crippen molar-refractivity contribution in [1.82, 2.24) is 15.0 Å². The summed E-state index contributed by atoms with van der Waals surface area (Å²) in [5.74, 6) is 1.10. The first-order valence-electron chi connectivity index (χ1n) is 7.02. The lowest BCUT2D eigenvalue weighted by atomic mass is 10.5. The fraction of sp³-hybridized carbons (Fsp3) is 0.769. The lowest BCUT2D eigenvalue weighted by Crippen LogP contribution is -2.26. The molecule has 1 rings (SSSR count). The second kappa shape index (κ2) is 8.52. The van der Waals surface area contributed by atoms with Crippen LogP contribution in [0.15, 0.2) is 0 Å². The van der Waals surface area contributed by atoms with Crippen molar-refractivity contribution in [2.45, 2.75) is 33.8 Å². The van der Waals surface area contributed by atoms with Crippen LogP contribution < -0.4 is 15.0 Å². The molecule has 1 aromatic heterocycles. The van der Waals surface area contributed by atoms with Crippen molar-refractivity contribution >= 4 is 11.9 Å². The van der Waals surface area contributed by atoms with E-state index < -0.39 is 0 Å². The first-order chi connectivity index (χ1) is 9.56. The van der Waals surface area contributed by atoms with Crippen LogP contribution in [0, 0.1) is 0 Å². The third-order valence-corrected chi connectivity index (χ3v) is 2.43. The third-order valence-electron chi connectivity index (χ3n) is 2.43. The molecule has 0 aliphatic rings. The van der Waals surface area contributed by atoms with Gasteiger partial charge in [-0.3, -0.25) is 0 Å². The zero-order chi connectivity index (χ0) is 15.0. The summed E-state index contributed by atoms with van der Waals surface area (Å²) < 4.78 is 10.9. The normalized spacial score (nSPS) is 10.7. The molecule has 114 valence electrons. The average Bonchev–Trinajstić information content (AvgIpc) is 2.38. The van der Waals surface area contributed by atoms with Gasteiger partial charge in [-0.2, -0.15) is 15.0 Å². The predicted molar refractivity (Wildman–Crippen MR) is 79.5 cm³/mol. The molecule has 1 aromatic rings. The minimum absolute atomic E-state index is 0.220. The first-order valence-corrected chi connectivity index (χ1v) is 7.02. The van der Waals surface area contributed by atoms with Crippen molar-refractivity contribution < 1.29 is 9.47 Å². The van der Waals surface area contributed by atoms with E-state index in [1.54, 1.807) is 0 Å². The molecule has 0 fully saturated rings. The minimum atomic E-state index is 0.220. The zero-order valence-electron chi connectivity index (χ0n) is 13.0. The monoisotopic (exact) mass is 283 g/mol. The van der Waals surface area contributed by atoms with E-state index in [2.05, 4.69) is 20.3 Å². The Bertz CT molecular complexity index is 376. The summed E-state index contributed by atoms with van der Waals surface area (Å²) in [7, 11) is 1.92. The van der Waals surface area contributed by atoms with Crippen molar-refractivity contribution in [2.24, 2.45) is 0 Å². The predicted octanol–water partition coefficient (Wildman–Crippen LogP) is 1.56. The van der Waals surface area contributed by atoms with Crippen LogP contribution in [0.5, 0.6) is 6.01 Å². The number of aromatic nitrogens is 3. The quantitative estimate of drug-likeness (QED) is 0.737. The number of rotatable bonds is 9. The molecule has 0 aromatic carbocycles. The van der Waals surface area contributed by atoms with Gasteiger partial charge in [0.05, 0.1) is 19.3 Å². The van der Waals surface area contributed by atoms with Crippen LogP contribution in [0.1, 0.15) is 27.7 Å². The number of nitrogens with zero attached hydrogens (tertiary/aromatic N) is 4. The van der Waals surface area contributed by atoms with Crippen LogP contribution >= 0.6 is 0 Å². The summed E-state index contributed by atoms with van der Waals surface area (Å²) in [5, 5.41) is 3.08. The highest BCUT2D eigenvalue weighted by Gasteiger charge is 2.11. The largest absolute Gasteiger partial charge is 0.464 e. The van der Waals surface area contributed by atoms with E-state index in [1.807, 2.05) is 39.6 Å². The molecule has 0 saturated carbocycles. The summed E-state index contributed by atoms with van der Waals surface area (Å²) in [4.78, 5) is 14.8. The summed E-state index contributed by atoms with van der Waals surface area (Å²) >= 11 is 0. The zero-order valence-corrected chi connectivity index (χ0v) is 13.0. The summed E-state index contributed by atoms with van der Waals surface area (Å²) in [6, 6.07) is 0.338. The molecule has 1 heterocycles. The molecule has 0 aliphatic carbocycles. The van der Waals surface area contributed by atoms with E-state index in [4.69, 9.17) is 9.47 Å². The lowest BCUT2D eigenvalue weighted by molar-refractivity contribution is 0.0844. The number of hydrogen-bond acceptors (Lipinski definition) is 7. The molecule has 0 atom stereocenters. The molecule has 7 heteroatoms. The molecule has 0 amide bonds. The topological polar surface area (TPSA) is 72.4 Å². The fourth-order valence-corrected chi connectivity index (χ4v) is 1.47. The molecule has 0 bridgehead atoms. The molecule has 0 saturated heterocycles. The van der Waals surface area contributed by atoms with Crippen LogP contribution in [0.2, 0.25) is 0 Å². The molecule has 0 radical (unpaired) electrons. The Kier molecular flexibility index (Phi) is 7.00. The van der Waals surface area contributed by atoms with E-state index in [-0.39, 0.29) is 6.10 Å². The van der Waals surface area contributed by atoms with E-state index in [0.29, 0.717) is 37.7 Å². The summed E-state index contributed by atoms with van der Waals surface area (Å²) in [6.45, 7) is 10.5. The average molecular weight is 283 g/mol. The minimum Gasteiger partial charge on any atom is -0.464 e. The highest BCUT2D eigenvalue weighted by atomic mass is 16.5. The molecule has 0 spiro atoms.